The van der Waals surface area contributed by atoms with Gasteiger partial charge in [-0.1, -0.05) is 6.08 Å². The Morgan fingerprint density at radius 2 is 2.50 bits per heavy atom. The molecule has 2 rings (SSSR count). The summed E-state index contributed by atoms with van der Waals surface area (Å²) < 4.78 is 0. The Balaban J connectivity index is 2.50. The molecular formula is C8H6N2. The largest absolute Gasteiger partial charge is 0.254 e. The molecular weight excluding hydrogens is 124 g/mol. The molecule has 0 aromatic rings. The number of rotatable bonds is 0. The van der Waals surface area contributed by atoms with Crippen molar-refractivity contribution in [2.45, 2.75) is 6.42 Å². The van der Waals surface area contributed by atoms with Crippen LogP contribution in [-0.4, -0.2) is 12.1 Å². The molecule has 0 radical (unpaired) electrons. The second-order valence-electron chi connectivity index (χ2n) is 2.12. The second kappa shape index (κ2) is 2.09. The average molecular weight is 130 g/mol. The molecule has 0 N–H and O–H groups in total. The first-order valence-corrected chi connectivity index (χ1v) is 3.18. The molecule has 2 aliphatic rings. The van der Waals surface area contributed by atoms with Crippen LogP contribution in [0.15, 0.2) is 39.6 Å². The van der Waals surface area contributed by atoms with Gasteiger partial charge in [-0.3, -0.25) is 4.99 Å². The zero-order valence-electron chi connectivity index (χ0n) is 5.41. The van der Waals surface area contributed by atoms with Crippen LogP contribution in [0.5, 0.6) is 0 Å². The van der Waals surface area contributed by atoms with Gasteiger partial charge in [0.25, 0.3) is 0 Å². The number of nitrogens with zero attached hydrogens (tertiary/aromatic N) is 2. The van der Waals surface area contributed by atoms with Crippen molar-refractivity contribution in [2.75, 3.05) is 0 Å². The molecule has 2 nitrogen and oxygen atoms in total. The van der Waals surface area contributed by atoms with E-state index in [9.17, 15) is 0 Å². The SMILES string of the molecule is C1=CC=NC2=C(CC=C2)N=1. The predicted octanol–water partition coefficient (Wildman–Crippen LogP) is 1.47. The molecule has 0 fully saturated rings. The van der Waals surface area contributed by atoms with Crippen molar-refractivity contribution in [1.29, 1.82) is 0 Å². The highest BCUT2D eigenvalue weighted by Gasteiger charge is 2.05. The fraction of sp³-hybridized carbons (Fsp3) is 0.125. The van der Waals surface area contributed by atoms with Crippen LogP contribution in [0.25, 0.3) is 0 Å². The molecule has 0 bridgehead atoms. The highest BCUT2D eigenvalue weighted by atomic mass is 14.8. The van der Waals surface area contributed by atoms with Gasteiger partial charge < -0.3 is 0 Å². The topological polar surface area (TPSA) is 24.7 Å². The van der Waals surface area contributed by atoms with Gasteiger partial charge in [0, 0.05) is 18.7 Å². The molecule has 0 saturated carbocycles. The third-order valence-corrected chi connectivity index (χ3v) is 1.44. The number of allylic oxidation sites excluding steroid dienone is 3. The van der Waals surface area contributed by atoms with E-state index in [1.165, 1.54) is 0 Å². The third kappa shape index (κ3) is 0.751. The summed E-state index contributed by atoms with van der Waals surface area (Å²) in [5.41, 5.74) is 1.99. The quantitative estimate of drug-likeness (QED) is 0.474. The molecule has 0 aromatic heterocycles. The maximum absolute atomic E-state index is 4.14. The van der Waals surface area contributed by atoms with E-state index >= 15 is 0 Å². The van der Waals surface area contributed by atoms with Crippen LogP contribution in [-0.2, 0) is 0 Å². The van der Waals surface area contributed by atoms with Gasteiger partial charge >= 0.3 is 0 Å². The fourth-order valence-electron chi connectivity index (χ4n) is 0.969. The molecule has 0 aromatic carbocycles. The van der Waals surface area contributed by atoms with Crippen LogP contribution >= 0.6 is 0 Å². The van der Waals surface area contributed by atoms with Crippen LogP contribution in [0, 0.1) is 0 Å². The maximum atomic E-state index is 4.14. The minimum absolute atomic E-state index is 0.896. The first-order valence-electron chi connectivity index (χ1n) is 3.18. The van der Waals surface area contributed by atoms with Crippen molar-refractivity contribution in [3.05, 3.63) is 29.6 Å². The average Bonchev–Trinajstić information content (AvgIpc) is 2.28. The molecule has 0 atom stereocenters. The summed E-state index contributed by atoms with van der Waals surface area (Å²) in [6.07, 6.45) is 8.36. The molecule has 0 unspecified atom stereocenters. The van der Waals surface area contributed by atoms with E-state index in [1.807, 2.05) is 6.08 Å². The highest BCUT2D eigenvalue weighted by Crippen LogP contribution is 2.20. The molecule has 2 heteroatoms. The molecule has 48 valence electrons. The van der Waals surface area contributed by atoms with Gasteiger partial charge in [0.05, 0.1) is 11.4 Å². The summed E-state index contributed by atoms with van der Waals surface area (Å²) >= 11 is 0. The zero-order valence-corrected chi connectivity index (χ0v) is 5.41. The van der Waals surface area contributed by atoms with Gasteiger partial charge in [-0.05, 0) is 11.9 Å². The van der Waals surface area contributed by atoms with Crippen molar-refractivity contribution in [1.82, 2.24) is 0 Å². The van der Waals surface area contributed by atoms with Gasteiger partial charge in [0.2, 0.25) is 0 Å². The smallest absolute Gasteiger partial charge is 0.0852 e. The summed E-state index contributed by atoms with van der Waals surface area (Å²) in [5.74, 6) is 2.77. The maximum Gasteiger partial charge on any atom is 0.0852 e. The lowest BCUT2D eigenvalue weighted by Crippen LogP contribution is -1.73. The molecule has 1 heterocycles. The molecule has 1 aliphatic heterocycles. The van der Waals surface area contributed by atoms with Crippen molar-refractivity contribution in [3.63, 3.8) is 0 Å². The van der Waals surface area contributed by atoms with E-state index in [0.29, 0.717) is 0 Å². The number of hydrogen-bond donors (Lipinski definition) is 0. The normalized spacial score (nSPS) is 20.0. The summed E-state index contributed by atoms with van der Waals surface area (Å²) in [7, 11) is 0. The molecule has 0 saturated heterocycles. The van der Waals surface area contributed by atoms with Crippen molar-refractivity contribution < 1.29 is 0 Å². The lowest BCUT2D eigenvalue weighted by molar-refractivity contribution is 1.17. The Morgan fingerprint density at radius 1 is 1.50 bits per heavy atom. The number of aliphatic imine (C=N–C) groups is 2. The number of hydrogen-bond acceptors (Lipinski definition) is 2. The van der Waals surface area contributed by atoms with Crippen molar-refractivity contribution in [3.8, 4) is 0 Å². The van der Waals surface area contributed by atoms with E-state index in [4.69, 9.17) is 0 Å². The molecule has 0 amide bonds. The summed E-state index contributed by atoms with van der Waals surface area (Å²) in [6, 6.07) is 0. The van der Waals surface area contributed by atoms with Crippen LogP contribution in [0.2, 0.25) is 0 Å². The Bertz CT molecular complexity index is 299. The Hall–Kier alpha value is -1.40. The van der Waals surface area contributed by atoms with E-state index in [2.05, 4.69) is 21.9 Å². The summed E-state index contributed by atoms with van der Waals surface area (Å²) in [6.45, 7) is 0. The fourth-order valence-corrected chi connectivity index (χ4v) is 0.969. The van der Waals surface area contributed by atoms with Crippen LogP contribution in [0.4, 0.5) is 0 Å². The van der Waals surface area contributed by atoms with Gasteiger partial charge in [0.1, 0.15) is 0 Å². The zero-order chi connectivity index (χ0) is 6.81. The highest BCUT2D eigenvalue weighted by molar-refractivity contribution is 5.85. The van der Waals surface area contributed by atoms with Crippen LogP contribution in [0.1, 0.15) is 6.42 Å². The predicted molar refractivity (Wildman–Crippen MR) is 41.3 cm³/mol. The van der Waals surface area contributed by atoms with Crippen LogP contribution < -0.4 is 0 Å². The lowest BCUT2D eigenvalue weighted by atomic mass is 10.4. The first kappa shape index (κ1) is 5.39. The summed E-state index contributed by atoms with van der Waals surface area (Å²) in [4.78, 5) is 8.21. The van der Waals surface area contributed by atoms with Gasteiger partial charge in [-0.25, -0.2) is 4.99 Å². The van der Waals surface area contributed by atoms with E-state index in [-0.39, 0.29) is 0 Å². The van der Waals surface area contributed by atoms with Gasteiger partial charge in [-0.2, -0.15) is 0 Å². The molecule has 10 heavy (non-hydrogen) atoms. The minimum atomic E-state index is 0.896. The Morgan fingerprint density at radius 3 is 3.50 bits per heavy atom. The Labute approximate surface area is 59.0 Å². The van der Waals surface area contributed by atoms with Crippen LogP contribution in [0.3, 0.4) is 0 Å². The van der Waals surface area contributed by atoms with E-state index < -0.39 is 0 Å². The summed E-state index contributed by atoms with van der Waals surface area (Å²) in [5, 5.41) is 0. The Kier molecular flexibility index (Phi) is 1.12. The van der Waals surface area contributed by atoms with E-state index in [0.717, 1.165) is 17.8 Å². The van der Waals surface area contributed by atoms with Gasteiger partial charge in [0.15, 0.2) is 0 Å². The van der Waals surface area contributed by atoms with Crippen molar-refractivity contribution >= 4 is 12.1 Å². The van der Waals surface area contributed by atoms with Crippen molar-refractivity contribution in [2.24, 2.45) is 9.98 Å². The monoisotopic (exact) mass is 130 g/mol. The molecule has 0 spiro atoms. The van der Waals surface area contributed by atoms with Gasteiger partial charge in [-0.15, -0.1) is 0 Å². The van der Waals surface area contributed by atoms with E-state index in [1.54, 1.807) is 12.3 Å². The second-order valence-corrected chi connectivity index (χ2v) is 2.12. The lowest BCUT2D eigenvalue weighted by Gasteiger charge is -1.89. The third-order valence-electron chi connectivity index (χ3n) is 1.44. The molecule has 1 aliphatic carbocycles. The standard InChI is InChI=1S/C8H6N2/c1-3-7-8(4-1)10-6-2-5-9-7/h1-3,5H,4H2. The minimum Gasteiger partial charge on any atom is -0.254 e. The first-order chi connectivity index (χ1) is 4.97.